The van der Waals surface area contributed by atoms with Crippen molar-refractivity contribution >= 4 is 23.3 Å². The summed E-state index contributed by atoms with van der Waals surface area (Å²) < 4.78 is 2.12. The van der Waals surface area contributed by atoms with Crippen LogP contribution in [0.2, 0.25) is 0 Å². The molecule has 4 rings (SSSR count). The number of aromatic carboxylic acids is 1. The summed E-state index contributed by atoms with van der Waals surface area (Å²) in [4.78, 5) is 20.6. The largest absolute Gasteiger partial charge is 0.478 e. The predicted molar refractivity (Wildman–Crippen MR) is 138 cm³/mol. The summed E-state index contributed by atoms with van der Waals surface area (Å²) in [6.07, 6.45) is 2.80. The minimum Gasteiger partial charge on any atom is -0.478 e. The number of thiocarbonyl (C=S) groups is 1. The molecule has 3 heterocycles. The highest BCUT2D eigenvalue weighted by atomic mass is 32.1. The molecule has 1 aromatic carbocycles. The summed E-state index contributed by atoms with van der Waals surface area (Å²) in [7, 11) is 4.15. The van der Waals surface area contributed by atoms with Crippen LogP contribution in [0.1, 0.15) is 51.5 Å². The van der Waals surface area contributed by atoms with Crippen molar-refractivity contribution in [3.63, 3.8) is 0 Å². The second-order valence-electron chi connectivity index (χ2n) is 8.99. The molecule has 7 nitrogen and oxygen atoms in total. The van der Waals surface area contributed by atoms with E-state index in [0.717, 1.165) is 53.0 Å². The fraction of sp³-hybridized carbons (Fsp3) is 0.346. The average Bonchev–Trinajstić information content (AvgIpc) is 3.29. The Morgan fingerprint density at radius 1 is 1.18 bits per heavy atom. The molecule has 1 aliphatic heterocycles. The van der Waals surface area contributed by atoms with Gasteiger partial charge in [0.15, 0.2) is 5.11 Å². The van der Waals surface area contributed by atoms with Gasteiger partial charge in [-0.15, -0.1) is 0 Å². The Labute approximate surface area is 206 Å². The van der Waals surface area contributed by atoms with Crippen LogP contribution in [0.15, 0.2) is 54.7 Å². The van der Waals surface area contributed by atoms with Crippen LogP contribution < -0.4 is 5.32 Å². The Balaban J connectivity index is 1.78. The monoisotopic (exact) mass is 477 g/mol. The summed E-state index contributed by atoms with van der Waals surface area (Å²) in [6.45, 7) is 5.94. The number of nitrogens with one attached hydrogen (secondary N) is 1. The van der Waals surface area contributed by atoms with Gasteiger partial charge in [-0.1, -0.05) is 12.1 Å². The van der Waals surface area contributed by atoms with Gasteiger partial charge in [0.1, 0.15) is 0 Å². The number of nitrogens with zero attached hydrogens (tertiary/aromatic N) is 4. The lowest BCUT2D eigenvalue weighted by molar-refractivity contribution is 0.0697. The van der Waals surface area contributed by atoms with Crippen LogP contribution in [0.3, 0.4) is 0 Å². The van der Waals surface area contributed by atoms with Crippen LogP contribution >= 0.6 is 12.2 Å². The standard InChI is InChI=1S/C26H31N5O2S/c1-17-15-21(18(2)31(17)20-10-7-9-19(16-20)25(32)33)24-23(22-11-5-6-12-27-22)28-26(34)30(24)14-8-13-29(3)4/h5-7,9-12,15-16,23-24H,8,13-14H2,1-4H3,(H,28,34)(H,32,33)/t23-,24-/m1/s1. The first kappa shape index (κ1) is 23.9. The highest BCUT2D eigenvalue weighted by molar-refractivity contribution is 7.80. The van der Waals surface area contributed by atoms with Crippen molar-refractivity contribution in [3.05, 3.63) is 82.9 Å². The Hall–Kier alpha value is -3.23. The van der Waals surface area contributed by atoms with E-state index in [4.69, 9.17) is 12.2 Å². The Bertz CT molecular complexity index is 1190. The zero-order valence-electron chi connectivity index (χ0n) is 20.0. The van der Waals surface area contributed by atoms with Gasteiger partial charge >= 0.3 is 5.97 Å². The lowest BCUT2D eigenvalue weighted by atomic mass is 9.96. The number of rotatable bonds is 8. The van der Waals surface area contributed by atoms with Crippen molar-refractivity contribution < 1.29 is 9.90 Å². The van der Waals surface area contributed by atoms with E-state index in [1.807, 2.05) is 30.5 Å². The van der Waals surface area contributed by atoms with E-state index in [2.05, 4.69) is 58.7 Å². The van der Waals surface area contributed by atoms with Crippen LogP contribution in [0.4, 0.5) is 0 Å². The zero-order valence-corrected chi connectivity index (χ0v) is 20.8. The smallest absolute Gasteiger partial charge is 0.335 e. The van der Waals surface area contributed by atoms with Crippen LogP contribution in [0.25, 0.3) is 5.69 Å². The van der Waals surface area contributed by atoms with Crippen molar-refractivity contribution in [1.29, 1.82) is 0 Å². The summed E-state index contributed by atoms with van der Waals surface area (Å²) in [5.74, 6) is -0.933. The van der Waals surface area contributed by atoms with Gasteiger partial charge < -0.3 is 24.8 Å². The number of pyridine rings is 1. The minimum absolute atomic E-state index is 0.0211. The van der Waals surface area contributed by atoms with Crippen LogP contribution in [-0.4, -0.2) is 62.7 Å². The van der Waals surface area contributed by atoms with E-state index in [-0.39, 0.29) is 17.6 Å². The van der Waals surface area contributed by atoms with Gasteiger partial charge in [-0.25, -0.2) is 4.79 Å². The summed E-state index contributed by atoms with van der Waals surface area (Å²) in [6, 6.07) is 15.1. The zero-order chi connectivity index (χ0) is 24.4. The average molecular weight is 478 g/mol. The molecule has 0 amide bonds. The highest BCUT2D eigenvalue weighted by Gasteiger charge is 2.41. The number of hydrogen-bond donors (Lipinski definition) is 2. The summed E-state index contributed by atoms with van der Waals surface area (Å²) in [5.41, 5.74) is 5.32. The summed E-state index contributed by atoms with van der Waals surface area (Å²) in [5, 5.41) is 13.7. The maximum Gasteiger partial charge on any atom is 0.335 e. The van der Waals surface area contributed by atoms with Gasteiger partial charge in [-0.3, -0.25) is 4.98 Å². The molecule has 1 saturated heterocycles. The summed E-state index contributed by atoms with van der Waals surface area (Å²) >= 11 is 5.80. The molecule has 2 atom stereocenters. The SMILES string of the molecule is Cc1cc([C@@H]2[C@@H](c3ccccn3)NC(=S)N2CCCN(C)C)c(C)n1-c1cccc(C(=O)O)c1. The maximum atomic E-state index is 11.5. The third-order valence-corrected chi connectivity index (χ3v) is 6.69. The lowest BCUT2D eigenvalue weighted by Crippen LogP contribution is -2.32. The Morgan fingerprint density at radius 2 is 1.97 bits per heavy atom. The molecule has 3 aromatic rings. The van der Waals surface area contributed by atoms with Crippen LogP contribution in [0, 0.1) is 13.8 Å². The molecule has 34 heavy (non-hydrogen) atoms. The van der Waals surface area contributed by atoms with Gasteiger partial charge in [-0.05, 0) is 95.1 Å². The minimum atomic E-state index is -0.933. The van der Waals surface area contributed by atoms with Crippen molar-refractivity contribution in [1.82, 2.24) is 24.7 Å². The molecule has 0 unspecified atom stereocenters. The fourth-order valence-corrected chi connectivity index (χ4v) is 5.14. The molecule has 1 fully saturated rings. The van der Waals surface area contributed by atoms with Crippen LogP contribution in [0.5, 0.6) is 0 Å². The van der Waals surface area contributed by atoms with Gasteiger partial charge in [-0.2, -0.15) is 0 Å². The molecule has 2 N–H and O–H groups in total. The second-order valence-corrected chi connectivity index (χ2v) is 9.38. The molecular weight excluding hydrogens is 446 g/mol. The highest BCUT2D eigenvalue weighted by Crippen LogP contribution is 2.41. The molecule has 1 aliphatic rings. The molecule has 2 aromatic heterocycles. The first-order valence-electron chi connectivity index (χ1n) is 11.4. The number of aryl methyl sites for hydroxylation is 1. The molecular formula is C26H31N5O2S. The Morgan fingerprint density at radius 3 is 2.65 bits per heavy atom. The van der Waals surface area contributed by atoms with Crippen molar-refractivity contribution in [2.45, 2.75) is 32.4 Å². The van der Waals surface area contributed by atoms with Crippen molar-refractivity contribution in [3.8, 4) is 5.69 Å². The maximum absolute atomic E-state index is 11.5. The number of benzene rings is 1. The first-order chi connectivity index (χ1) is 16.3. The van der Waals surface area contributed by atoms with Crippen molar-refractivity contribution in [2.24, 2.45) is 0 Å². The van der Waals surface area contributed by atoms with Gasteiger partial charge in [0.2, 0.25) is 0 Å². The topological polar surface area (TPSA) is 73.6 Å². The lowest BCUT2D eigenvalue weighted by Gasteiger charge is -2.28. The Kier molecular flexibility index (Phi) is 7.00. The van der Waals surface area contributed by atoms with E-state index in [1.54, 1.807) is 18.2 Å². The van der Waals surface area contributed by atoms with Gasteiger partial charge in [0.25, 0.3) is 0 Å². The third kappa shape index (κ3) is 4.69. The van der Waals surface area contributed by atoms with Crippen molar-refractivity contribution in [2.75, 3.05) is 27.2 Å². The molecule has 0 radical (unpaired) electrons. The first-order valence-corrected chi connectivity index (χ1v) is 11.8. The van der Waals surface area contributed by atoms with E-state index >= 15 is 0 Å². The molecule has 0 spiro atoms. The molecule has 178 valence electrons. The predicted octanol–water partition coefficient (Wildman–Crippen LogP) is 4.11. The molecule has 8 heteroatoms. The van der Waals surface area contributed by atoms with E-state index < -0.39 is 5.97 Å². The van der Waals surface area contributed by atoms with Gasteiger partial charge in [0.05, 0.1) is 23.3 Å². The normalized spacial score (nSPS) is 17.9. The number of carboxylic acid groups (broad SMARTS) is 1. The van der Waals surface area contributed by atoms with E-state index in [9.17, 15) is 9.90 Å². The van der Waals surface area contributed by atoms with Crippen LogP contribution in [-0.2, 0) is 0 Å². The van der Waals surface area contributed by atoms with E-state index in [0.29, 0.717) is 0 Å². The molecule has 0 aliphatic carbocycles. The quantitative estimate of drug-likeness (QED) is 0.473. The number of hydrogen-bond acceptors (Lipinski definition) is 4. The number of carbonyl (C=O) groups is 1. The van der Waals surface area contributed by atoms with Gasteiger partial charge in [0, 0.05) is 29.8 Å². The molecule has 0 saturated carbocycles. The number of aromatic nitrogens is 2. The fourth-order valence-electron chi connectivity index (χ4n) is 4.80. The number of carboxylic acids is 1. The third-order valence-electron chi connectivity index (χ3n) is 6.34. The molecule has 0 bridgehead atoms. The van der Waals surface area contributed by atoms with E-state index in [1.165, 1.54) is 0 Å². The second kappa shape index (κ2) is 9.95.